The molecule has 0 heterocycles. The molecule has 0 aliphatic heterocycles. The van der Waals surface area contributed by atoms with Crippen LogP contribution in [0.3, 0.4) is 0 Å². The first-order chi connectivity index (χ1) is 8.97. The van der Waals surface area contributed by atoms with Crippen molar-refractivity contribution in [3.63, 3.8) is 0 Å². The maximum absolute atomic E-state index is 11.9. The molecule has 100 valence electrons. The molecule has 0 saturated heterocycles. The normalized spacial score (nSPS) is 9.53. The second-order valence-corrected chi connectivity index (χ2v) is 4.50. The third-order valence-corrected chi connectivity index (χ3v) is 2.99. The molecule has 0 atom stereocenters. The van der Waals surface area contributed by atoms with Crippen molar-refractivity contribution in [2.45, 2.75) is 6.92 Å². The van der Waals surface area contributed by atoms with E-state index >= 15 is 0 Å². The predicted octanol–water partition coefficient (Wildman–Crippen LogP) is 2.26. The number of carboxylic acid groups (broad SMARTS) is 1. The molecular formula is C12H12BrN3O3. The Morgan fingerprint density at radius 3 is 2.68 bits per heavy atom. The molecule has 1 rings (SSSR count). The van der Waals surface area contributed by atoms with Gasteiger partial charge in [-0.1, -0.05) is 0 Å². The molecule has 0 saturated carbocycles. The van der Waals surface area contributed by atoms with Crippen LogP contribution in [0.4, 0.5) is 10.5 Å². The molecule has 0 unspecified atom stereocenters. The van der Waals surface area contributed by atoms with E-state index in [2.05, 4.69) is 21.2 Å². The number of nitrogens with zero attached hydrogens (tertiary/aromatic N) is 2. The van der Waals surface area contributed by atoms with Crippen molar-refractivity contribution in [3.05, 3.63) is 28.2 Å². The van der Waals surface area contributed by atoms with Crippen LogP contribution in [-0.2, 0) is 4.79 Å². The summed E-state index contributed by atoms with van der Waals surface area (Å²) in [5.41, 5.74) is 0.940. The quantitative estimate of drug-likeness (QED) is 0.887. The molecule has 2 N–H and O–H groups in total. The molecule has 0 fully saturated rings. The highest BCUT2D eigenvalue weighted by atomic mass is 79.9. The van der Waals surface area contributed by atoms with Crippen molar-refractivity contribution >= 4 is 33.6 Å². The van der Waals surface area contributed by atoms with Gasteiger partial charge in [0.05, 0.1) is 17.3 Å². The summed E-state index contributed by atoms with van der Waals surface area (Å²) >= 11 is 3.24. The number of carbonyl (C=O) groups is 2. The number of nitrogens with one attached hydrogen (secondary N) is 1. The van der Waals surface area contributed by atoms with Gasteiger partial charge in [0.2, 0.25) is 0 Å². The summed E-state index contributed by atoms with van der Waals surface area (Å²) in [5.74, 6) is -1.07. The standard InChI is InChI=1S/C12H12BrN3O3/c1-2-16(7-11(17)18)12(19)15-10-4-3-8(6-14)5-9(10)13/h3-5H,2,7H2,1H3,(H,15,19)(H,17,18). The smallest absolute Gasteiger partial charge is 0.323 e. The summed E-state index contributed by atoms with van der Waals surface area (Å²) in [5, 5.41) is 20.0. The maximum Gasteiger partial charge on any atom is 0.323 e. The van der Waals surface area contributed by atoms with Crippen molar-refractivity contribution < 1.29 is 14.7 Å². The van der Waals surface area contributed by atoms with Crippen LogP contribution in [0.2, 0.25) is 0 Å². The van der Waals surface area contributed by atoms with Crippen LogP contribution in [-0.4, -0.2) is 35.1 Å². The average Bonchev–Trinajstić information content (AvgIpc) is 2.37. The number of nitriles is 1. The second-order valence-electron chi connectivity index (χ2n) is 3.64. The largest absolute Gasteiger partial charge is 0.480 e. The summed E-state index contributed by atoms with van der Waals surface area (Å²) in [6.45, 7) is 1.61. The number of carbonyl (C=O) groups excluding carboxylic acids is 1. The van der Waals surface area contributed by atoms with Gasteiger partial charge in [-0.05, 0) is 41.1 Å². The Balaban J connectivity index is 2.81. The Labute approximate surface area is 118 Å². The molecule has 6 nitrogen and oxygen atoms in total. The Morgan fingerprint density at radius 1 is 1.53 bits per heavy atom. The number of likely N-dealkylation sites (N-methyl/N-ethyl adjacent to an activating group) is 1. The molecule has 0 radical (unpaired) electrons. The molecule has 19 heavy (non-hydrogen) atoms. The lowest BCUT2D eigenvalue weighted by molar-refractivity contribution is -0.137. The number of rotatable bonds is 4. The van der Waals surface area contributed by atoms with Gasteiger partial charge >= 0.3 is 12.0 Å². The zero-order valence-electron chi connectivity index (χ0n) is 10.2. The van der Waals surface area contributed by atoms with Gasteiger partial charge in [-0.25, -0.2) is 4.79 Å². The number of hydrogen-bond donors (Lipinski definition) is 2. The van der Waals surface area contributed by atoms with Gasteiger partial charge in [0.15, 0.2) is 0 Å². The first kappa shape index (κ1) is 15.0. The number of hydrogen-bond acceptors (Lipinski definition) is 3. The SMILES string of the molecule is CCN(CC(=O)O)C(=O)Nc1ccc(C#N)cc1Br. The average molecular weight is 326 g/mol. The van der Waals surface area contributed by atoms with Gasteiger partial charge in [-0.15, -0.1) is 0 Å². The Hall–Kier alpha value is -2.07. The second kappa shape index (κ2) is 6.75. The van der Waals surface area contributed by atoms with Gasteiger partial charge in [0, 0.05) is 11.0 Å². The number of amides is 2. The van der Waals surface area contributed by atoms with E-state index < -0.39 is 12.0 Å². The van der Waals surface area contributed by atoms with Gasteiger partial charge < -0.3 is 15.3 Å². The fraction of sp³-hybridized carbons (Fsp3) is 0.250. The minimum absolute atomic E-state index is 0.284. The van der Waals surface area contributed by atoms with Crippen LogP contribution in [0.5, 0.6) is 0 Å². The highest BCUT2D eigenvalue weighted by molar-refractivity contribution is 9.10. The van der Waals surface area contributed by atoms with E-state index in [4.69, 9.17) is 10.4 Å². The summed E-state index contributed by atoms with van der Waals surface area (Å²) in [7, 11) is 0. The van der Waals surface area contributed by atoms with Gasteiger partial charge in [0.1, 0.15) is 6.54 Å². The third-order valence-electron chi connectivity index (χ3n) is 2.33. The first-order valence-corrected chi connectivity index (χ1v) is 6.24. The molecule has 0 aliphatic carbocycles. The molecule has 1 aromatic rings. The number of urea groups is 1. The van der Waals surface area contributed by atoms with Crippen LogP contribution >= 0.6 is 15.9 Å². The monoisotopic (exact) mass is 325 g/mol. The van der Waals surface area contributed by atoms with Crippen molar-refractivity contribution in [3.8, 4) is 6.07 Å². The number of halogens is 1. The molecule has 0 spiro atoms. The fourth-order valence-electron chi connectivity index (χ4n) is 1.37. The zero-order valence-corrected chi connectivity index (χ0v) is 11.8. The molecule has 7 heteroatoms. The van der Waals surface area contributed by atoms with Gasteiger partial charge in [-0.2, -0.15) is 5.26 Å². The lowest BCUT2D eigenvalue weighted by atomic mass is 10.2. The zero-order chi connectivity index (χ0) is 14.4. The Bertz CT molecular complexity index is 540. The minimum atomic E-state index is -1.07. The third kappa shape index (κ3) is 4.26. The number of benzene rings is 1. The first-order valence-electron chi connectivity index (χ1n) is 5.45. The van der Waals surface area contributed by atoms with Crippen LogP contribution in [0.15, 0.2) is 22.7 Å². The lowest BCUT2D eigenvalue weighted by Gasteiger charge is -2.19. The van der Waals surface area contributed by atoms with E-state index in [0.717, 1.165) is 4.90 Å². The van der Waals surface area contributed by atoms with Gasteiger partial charge in [0.25, 0.3) is 0 Å². The van der Waals surface area contributed by atoms with E-state index in [9.17, 15) is 9.59 Å². The molecule has 0 bridgehead atoms. The topological polar surface area (TPSA) is 93.4 Å². The van der Waals surface area contributed by atoms with E-state index in [1.165, 1.54) is 0 Å². The van der Waals surface area contributed by atoms with E-state index in [-0.39, 0.29) is 13.1 Å². The summed E-state index contributed by atoms with van der Waals surface area (Å²) in [6, 6.07) is 6.19. The molecule has 1 aromatic carbocycles. The summed E-state index contributed by atoms with van der Waals surface area (Å²) in [4.78, 5) is 23.6. The summed E-state index contributed by atoms with van der Waals surface area (Å²) in [6.07, 6.45) is 0. The van der Waals surface area contributed by atoms with Crippen LogP contribution < -0.4 is 5.32 Å². The van der Waals surface area contributed by atoms with Crippen LogP contribution in [0.1, 0.15) is 12.5 Å². The van der Waals surface area contributed by atoms with Crippen LogP contribution in [0, 0.1) is 11.3 Å². The Kier molecular flexibility index (Phi) is 5.33. The maximum atomic E-state index is 11.9. The van der Waals surface area contributed by atoms with E-state index in [0.29, 0.717) is 15.7 Å². The number of anilines is 1. The molecule has 2 amide bonds. The minimum Gasteiger partial charge on any atom is -0.480 e. The van der Waals surface area contributed by atoms with Gasteiger partial charge in [-0.3, -0.25) is 4.79 Å². The fourth-order valence-corrected chi connectivity index (χ4v) is 1.85. The number of carboxylic acids is 1. The molecule has 0 aromatic heterocycles. The van der Waals surface area contributed by atoms with Crippen molar-refractivity contribution in [1.82, 2.24) is 4.90 Å². The van der Waals surface area contributed by atoms with Crippen LogP contribution in [0.25, 0.3) is 0 Å². The summed E-state index contributed by atoms with van der Waals surface area (Å²) < 4.78 is 0.561. The lowest BCUT2D eigenvalue weighted by Crippen LogP contribution is -2.38. The van der Waals surface area contributed by atoms with Crippen molar-refractivity contribution in [2.24, 2.45) is 0 Å². The van der Waals surface area contributed by atoms with E-state index in [1.54, 1.807) is 25.1 Å². The highest BCUT2D eigenvalue weighted by Gasteiger charge is 2.15. The molecular weight excluding hydrogens is 314 g/mol. The molecule has 0 aliphatic rings. The highest BCUT2D eigenvalue weighted by Crippen LogP contribution is 2.23. The predicted molar refractivity (Wildman–Crippen MR) is 72.8 cm³/mol. The number of aliphatic carboxylic acids is 1. The van der Waals surface area contributed by atoms with Crippen molar-refractivity contribution in [2.75, 3.05) is 18.4 Å². The van der Waals surface area contributed by atoms with Crippen molar-refractivity contribution in [1.29, 1.82) is 5.26 Å². The Morgan fingerprint density at radius 2 is 2.21 bits per heavy atom. The van der Waals surface area contributed by atoms with E-state index in [1.807, 2.05) is 6.07 Å².